The average molecular weight is 340 g/mol. The number of halogens is 1. The summed E-state index contributed by atoms with van der Waals surface area (Å²) in [6.07, 6.45) is 4.61. The molecule has 0 spiro atoms. The number of carbonyl (C=O) groups is 1. The lowest BCUT2D eigenvalue weighted by molar-refractivity contribution is 0.0704. The molecule has 2 unspecified atom stereocenters. The molecule has 1 amide bonds. The Morgan fingerprint density at radius 1 is 1.25 bits per heavy atom. The van der Waals surface area contributed by atoms with Crippen LogP contribution in [-0.2, 0) is 0 Å². The highest BCUT2D eigenvalue weighted by Crippen LogP contribution is 2.34. The summed E-state index contributed by atoms with van der Waals surface area (Å²) in [5.41, 5.74) is 0.655. The van der Waals surface area contributed by atoms with Gasteiger partial charge in [-0.25, -0.2) is 0 Å². The number of carbonyl (C=O) groups excluding carboxylic acids is 1. The van der Waals surface area contributed by atoms with Gasteiger partial charge in [0.05, 0.1) is 0 Å². The molecular weight excluding hydrogens is 322 g/mol. The highest BCUT2D eigenvalue weighted by atomic mass is 79.9. The Morgan fingerprint density at radius 3 is 2.80 bits per heavy atom. The topological polar surface area (TPSA) is 38.8 Å². The molecule has 1 aromatic carbocycles. The van der Waals surface area contributed by atoms with E-state index in [2.05, 4.69) is 15.9 Å². The van der Waals surface area contributed by atoms with Crippen molar-refractivity contribution < 1.29 is 14.3 Å². The molecule has 20 heavy (non-hydrogen) atoms. The van der Waals surface area contributed by atoms with Crippen molar-refractivity contribution in [3.8, 4) is 11.5 Å². The predicted molar refractivity (Wildman–Crippen MR) is 79.6 cm³/mol. The van der Waals surface area contributed by atoms with Crippen molar-refractivity contribution in [3.05, 3.63) is 23.8 Å². The fourth-order valence-corrected chi connectivity index (χ4v) is 3.83. The third kappa shape index (κ3) is 2.51. The minimum absolute atomic E-state index is 0.0413. The van der Waals surface area contributed by atoms with Crippen molar-refractivity contribution in [2.75, 3.05) is 13.8 Å². The first-order valence-corrected chi connectivity index (χ1v) is 7.89. The molecule has 1 saturated carbocycles. The van der Waals surface area contributed by atoms with Gasteiger partial charge in [0, 0.05) is 23.5 Å². The molecule has 1 aliphatic heterocycles. The molecule has 0 bridgehead atoms. The second-order valence-electron chi connectivity index (χ2n) is 5.35. The van der Waals surface area contributed by atoms with Crippen molar-refractivity contribution in [2.45, 2.75) is 36.6 Å². The number of rotatable bonds is 2. The van der Waals surface area contributed by atoms with Gasteiger partial charge in [-0.1, -0.05) is 28.8 Å². The summed E-state index contributed by atoms with van der Waals surface area (Å²) in [6.45, 7) is 0.231. The third-order valence-corrected chi connectivity index (χ3v) is 5.15. The van der Waals surface area contributed by atoms with Gasteiger partial charge in [0.25, 0.3) is 5.91 Å². The second-order valence-corrected chi connectivity index (χ2v) is 6.53. The minimum atomic E-state index is 0.0413. The lowest BCUT2D eigenvalue weighted by Crippen LogP contribution is -2.44. The Morgan fingerprint density at radius 2 is 2.00 bits per heavy atom. The smallest absolute Gasteiger partial charge is 0.254 e. The van der Waals surface area contributed by atoms with E-state index in [0.29, 0.717) is 21.9 Å². The summed E-state index contributed by atoms with van der Waals surface area (Å²) in [4.78, 5) is 14.8. The Balaban J connectivity index is 1.77. The van der Waals surface area contributed by atoms with Crippen LogP contribution >= 0.6 is 15.9 Å². The molecule has 2 aliphatic rings. The number of benzene rings is 1. The standard InChI is InChI=1S/C15H18BrNO3/c1-17(12-5-3-2-4-11(12)16)15(18)10-6-7-13-14(8-10)20-9-19-13/h6-8,11-12H,2-5,9H2,1H3. The number of alkyl halides is 1. The second kappa shape index (κ2) is 5.64. The summed E-state index contributed by atoms with van der Waals surface area (Å²) in [6, 6.07) is 5.64. The van der Waals surface area contributed by atoms with Crippen LogP contribution in [0.2, 0.25) is 0 Å². The number of ether oxygens (including phenoxy) is 2. The SMILES string of the molecule is CN(C(=O)c1ccc2c(c1)OCO2)C1CCCCC1Br. The Kier molecular flexibility index (Phi) is 3.87. The van der Waals surface area contributed by atoms with Crippen LogP contribution in [0, 0.1) is 0 Å². The molecular formula is C15H18BrNO3. The van der Waals surface area contributed by atoms with E-state index >= 15 is 0 Å². The lowest BCUT2D eigenvalue weighted by atomic mass is 9.94. The van der Waals surface area contributed by atoms with E-state index in [-0.39, 0.29) is 18.7 Å². The molecule has 2 atom stereocenters. The van der Waals surface area contributed by atoms with Crippen LogP contribution in [0.15, 0.2) is 18.2 Å². The van der Waals surface area contributed by atoms with Crippen molar-refractivity contribution in [3.63, 3.8) is 0 Å². The summed E-state index contributed by atoms with van der Waals surface area (Å²) < 4.78 is 10.6. The van der Waals surface area contributed by atoms with Gasteiger partial charge in [0.15, 0.2) is 11.5 Å². The van der Waals surface area contributed by atoms with Gasteiger partial charge in [-0.2, -0.15) is 0 Å². The first-order chi connectivity index (χ1) is 9.66. The van der Waals surface area contributed by atoms with Gasteiger partial charge in [-0.3, -0.25) is 4.79 Å². The molecule has 0 radical (unpaired) electrons. The van der Waals surface area contributed by atoms with Crippen LogP contribution in [0.5, 0.6) is 11.5 Å². The lowest BCUT2D eigenvalue weighted by Gasteiger charge is -2.35. The van der Waals surface area contributed by atoms with E-state index in [1.165, 1.54) is 12.8 Å². The van der Waals surface area contributed by atoms with Crippen LogP contribution in [0.1, 0.15) is 36.0 Å². The van der Waals surface area contributed by atoms with Gasteiger partial charge in [-0.15, -0.1) is 0 Å². The fourth-order valence-electron chi connectivity index (χ4n) is 2.89. The van der Waals surface area contributed by atoms with Crippen molar-refractivity contribution >= 4 is 21.8 Å². The van der Waals surface area contributed by atoms with E-state index < -0.39 is 0 Å². The van der Waals surface area contributed by atoms with E-state index in [9.17, 15) is 4.79 Å². The quantitative estimate of drug-likeness (QED) is 0.776. The van der Waals surface area contributed by atoms with Gasteiger partial charge < -0.3 is 14.4 Å². The van der Waals surface area contributed by atoms with Crippen LogP contribution < -0.4 is 9.47 Å². The van der Waals surface area contributed by atoms with Crippen molar-refractivity contribution in [2.24, 2.45) is 0 Å². The monoisotopic (exact) mass is 339 g/mol. The fraction of sp³-hybridized carbons (Fsp3) is 0.533. The predicted octanol–water partition coefficient (Wildman–Crippen LogP) is 3.19. The molecule has 0 saturated heterocycles. The number of nitrogens with zero attached hydrogens (tertiary/aromatic N) is 1. The molecule has 0 aromatic heterocycles. The maximum atomic E-state index is 12.6. The molecule has 108 valence electrons. The number of fused-ring (bicyclic) bond motifs is 1. The molecule has 5 heteroatoms. The molecule has 3 rings (SSSR count). The first kappa shape index (κ1) is 13.7. The number of hydrogen-bond donors (Lipinski definition) is 0. The number of hydrogen-bond acceptors (Lipinski definition) is 3. The van der Waals surface area contributed by atoms with Crippen molar-refractivity contribution in [1.82, 2.24) is 4.90 Å². The zero-order valence-electron chi connectivity index (χ0n) is 11.5. The highest BCUT2D eigenvalue weighted by Gasteiger charge is 2.30. The van der Waals surface area contributed by atoms with Crippen molar-refractivity contribution in [1.29, 1.82) is 0 Å². The molecule has 1 fully saturated rings. The number of amides is 1. The first-order valence-electron chi connectivity index (χ1n) is 6.97. The average Bonchev–Trinajstić information content (AvgIpc) is 2.93. The molecule has 1 heterocycles. The van der Waals surface area contributed by atoms with Crippen LogP contribution in [-0.4, -0.2) is 35.5 Å². The summed E-state index contributed by atoms with van der Waals surface area (Å²) in [5, 5.41) is 0. The summed E-state index contributed by atoms with van der Waals surface area (Å²) in [7, 11) is 1.89. The Bertz CT molecular complexity index is 520. The van der Waals surface area contributed by atoms with Gasteiger partial charge in [0.1, 0.15) is 0 Å². The molecule has 1 aliphatic carbocycles. The van der Waals surface area contributed by atoms with Crippen LogP contribution in [0.4, 0.5) is 0 Å². The van der Waals surface area contributed by atoms with Crippen LogP contribution in [0.3, 0.4) is 0 Å². The zero-order valence-corrected chi connectivity index (χ0v) is 13.1. The Hall–Kier alpha value is -1.23. The minimum Gasteiger partial charge on any atom is -0.454 e. The van der Waals surface area contributed by atoms with E-state index in [0.717, 1.165) is 12.8 Å². The maximum Gasteiger partial charge on any atom is 0.254 e. The van der Waals surface area contributed by atoms with Gasteiger partial charge in [-0.05, 0) is 31.0 Å². The Labute approximate surface area is 127 Å². The normalized spacial score (nSPS) is 24.5. The molecule has 4 nitrogen and oxygen atoms in total. The van der Waals surface area contributed by atoms with Gasteiger partial charge >= 0.3 is 0 Å². The molecule has 0 N–H and O–H groups in total. The van der Waals surface area contributed by atoms with E-state index in [4.69, 9.17) is 9.47 Å². The van der Waals surface area contributed by atoms with E-state index in [1.807, 2.05) is 11.9 Å². The summed E-state index contributed by atoms with van der Waals surface area (Å²) in [5.74, 6) is 1.41. The van der Waals surface area contributed by atoms with E-state index in [1.54, 1.807) is 18.2 Å². The molecule has 1 aromatic rings. The van der Waals surface area contributed by atoms with Crippen LogP contribution in [0.25, 0.3) is 0 Å². The maximum absolute atomic E-state index is 12.6. The summed E-state index contributed by atoms with van der Waals surface area (Å²) >= 11 is 3.71. The highest BCUT2D eigenvalue weighted by molar-refractivity contribution is 9.09. The largest absolute Gasteiger partial charge is 0.454 e. The van der Waals surface area contributed by atoms with Gasteiger partial charge in [0.2, 0.25) is 6.79 Å². The zero-order chi connectivity index (χ0) is 14.1. The third-order valence-electron chi connectivity index (χ3n) is 4.08.